The lowest BCUT2D eigenvalue weighted by Crippen LogP contribution is -2.25. The maximum Gasteiger partial charge on any atom is 0.272 e. The van der Waals surface area contributed by atoms with Gasteiger partial charge in [0.05, 0.1) is 24.7 Å². The van der Waals surface area contributed by atoms with Crippen molar-refractivity contribution in [1.82, 2.24) is 24.6 Å². The first kappa shape index (κ1) is 18.7. The number of benzene rings is 2. The van der Waals surface area contributed by atoms with E-state index in [0.717, 1.165) is 34.7 Å². The third-order valence-corrected chi connectivity index (χ3v) is 4.86. The van der Waals surface area contributed by atoms with Crippen LogP contribution in [0.25, 0.3) is 16.7 Å². The third-order valence-electron chi connectivity index (χ3n) is 4.86. The quantitative estimate of drug-likeness (QED) is 0.548. The van der Waals surface area contributed by atoms with Gasteiger partial charge in [-0.3, -0.25) is 4.79 Å². The number of imidazole rings is 1. The van der Waals surface area contributed by atoms with Crippen molar-refractivity contribution in [3.8, 4) is 11.4 Å². The number of methoxy groups -OCH3 is 1. The zero-order valence-electron chi connectivity index (χ0n) is 16.7. The molecule has 2 aromatic carbocycles. The van der Waals surface area contributed by atoms with Crippen LogP contribution in [-0.2, 0) is 13.1 Å². The molecule has 0 aliphatic carbocycles. The van der Waals surface area contributed by atoms with Gasteiger partial charge in [-0.05, 0) is 49.7 Å². The highest BCUT2D eigenvalue weighted by atomic mass is 16.5. The van der Waals surface area contributed by atoms with E-state index in [4.69, 9.17) is 4.74 Å². The number of fused-ring (bicyclic) bond motifs is 1. The molecule has 0 spiro atoms. The molecule has 0 saturated carbocycles. The summed E-state index contributed by atoms with van der Waals surface area (Å²) in [5.41, 5.74) is 4.21. The van der Waals surface area contributed by atoms with Crippen LogP contribution in [0.3, 0.4) is 0 Å². The highest BCUT2D eigenvalue weighted by Crippen LogP contribution is 2.23. The van der Waals surface area contributed by atoms with Crippen molar-refractivity contribution in [2.24, 2.45) is 0 Å². The van der Waals surface area contributed by atoms with Crippen molar-refractivity contribution in [3.63, 3.8) is 0 Å². The van der Waals surface area contributed by atoms with Crippen LogP contribution in [0.5, 0.6) is 5.75 Å². The number of hydrogen-bond donors (Lipinski definition) is 1. The molecule has 0 saturated heterocycles. The summed E-state index contributed by atoms with van der Waals surface area (Å²) < 4.78 is 9.17. The average molecular weight is 389 g/mol. The topological polar surface area (TPSA) is 74.0 Å². The van der Waals surface area contributed by atoms with E-state index in [0.29, 0.717) is 18.0 Å². The van der Waals surface area contributed by atoms with Crippen LogP contribution < -0.4 is 10.1 Å². The molecule has 7 heteroatoms. The second-order valence-corrected chi connectivity index (χ2v) is 6.76. The maximum atomic E-state index is 12.6. The zero-order chi connectivity index (χ0) is 20.4. The van der Waals surface area contributed by atoms with Crippen molar-refractivity contribution in [1.29, 1.82) is 0 Å². The molecular formula is C22H23N5O2. The minimum atomic E-state index is -0.245. The summed E-state index contributed by atoms with van der Waals surface area (Å²) in [5, 5.41) is 7.35. The van der Waals surface area contributed by atoms with Gasteiger partial charge in [-0.1, -0.05) is 18.2 Å². The molecule has 0 aliphatic heterocycles. The number of aromatic nitrogens is 4. The largest absolute Gasteiger partial charge is 0.494 e. The Kier molecular flexibility index (Phi) is 5.03. The van der Waals surface area contributed by atoms with Crippen molar-refractivity contribution >= 4 is 16.9 Å². The Bertz CT molecular complexity index is 1180. The number of amides is 1. The molecule has 7 nitrogen and oxygen atoms in total. The first-order valence-corrected chi connectivity index (χ1v) is 9.53. The number of carbonyl (C=O) groups excluding carboxylic acids is 1. The van der Waals surface area contributed by atoms with Gasteiger partial charge in [0.2, 0.25) is 0 Å². The Morgan fingerprint density at radius 2 is 2.00 bits per heavy atom. The lowest BCUT2D eigenvalue weighted by Gasteiger charge is -2.09. The van der Waals surface area contributed by atoms with E-state index in [1.165, 1.54) is 0 Å². The summed E-state index contributed by atoms with van der Waals surface area (Å²) in [4.78, 5) is 17.3. The van der Waals surface area contributed by atoms with Gasteiger partial charge < -0.3 is 14.6 Å². The Morgan fingerprint density at radius 3 is 2.79 bits per heavy atom. The van der Waals surface area contributed by atoms with E-state index in [1.807, 2.05) is 49.4 Å². The summed E-state index contributed by atoms with van der Waals surface area (Å²) in [7, 11) is 1.62. The molecule has 0 bridgehead atoms. The molecule has 4 aromatic rings. The van der Waals surface area contributed by atoms with Crippen LogP contribution in [0.4, 0.5) is 0 Å². The van der Waals surface area contributed by atoms with Gasteiger partial charge in [-0.2, -0.15) is 5.10 Å². The number of para-hydroxylation sites is 2. The van der Waals surface area contributed by atoms with Crippen molar-refractivity contribution < 1.29 is 9.53 Å². The highest BCUT2D eigenvalue weighted by molar-refractivity contribution is 5.92. The van der Waals surface area contributed by atoms with E-state index in [-0.39, 0.29) is 5.91 Å². The molecule has 1 N–H and O–H groups in total. The Hall–Kier alpha value is -3.61. The van der Waals surface area contributed by atoms with E-state index in [1.54, 1.807) is 24.1 Å². The normalized spacial score (nSPS) is 11.0. The molecular weight excluding hydrogens is 366 g/mol. The average Bonchev–Trinajstić information content (AvgIpc) is 3.36. The molecule has 1 amide bonds. The van der Waals surface area contributed by atoms with Gasteiger partial charge in [0.25, 0.3) is 5.91 Å². The molecule has 0 aliphatic rings. The Labute approximate surface area is 168 Å². The Morgan fingerprint density at radius 1 is 1.17 bits per heavy atom. The van der Waals surface area contributed by atoms with Crippen molar-refractivity contribution in [2.75, 3.05) is 7.11 Å². The molecule has 0 radical (unpaired) electrons. The number of nitrogens with zero attached hydrogens (tertiary/aromatic N) is 4. The third kappa shape index (κ3) is 3.59. The molecule has 0 fully saturated rings. The van der Waals surface area contributed by atoms with Crippen LogP contribution >= 0.6 is 0 Å². The SMILES string of the molecule is CCn1c(CNC(=O)c2ccn(-c3cc(C)ccc3OC)n2)nc2ccccc21. The van der Waals surface area contributed by atoms with E-state index >= 15 is 0 Å². The van der Waals surface area contributed by atoms with Gasteiger partial charge in [0, 0.05) is 12.7 Å². The van der Waals surface area contributed by atoms with Crippen LogP contribution in [0.15, 0.2) is 54.7 Å². The van der Waals surface area contributed by atoms with Crippen molar-refractivity contribution in [2.45, 2.75) is 26.9 Å². The van der Waals surface area contributed by atoms with Crippen molar-refractivity contribution in [3.05, 3.63) is 71.8 Å². The van der Waals surface area contributed by atoms with Crippen LogP contribution in [0.2, 0.25) is 0 Å². The van der Waals surface area contributed by atoms with E-state index in [2.05, 4.69) is 26.9 Å². The van der Waals surface area contributed by atoms with Crippen LogP contribution in [0.1, 0.15) is 28.8 Å². The number of hydrogen-bond acceptors (Lipinski definition) is 4. The highest BCUT2D eigenvalue weighted by Gasteiger charge is 2.15. The first-order chi connectivity index (χ1) is 14.1. The fraction of sp³-hybridized carbons (Fsp3) is 0.227. The van der Waals surface area contributed by atoms with Gasteiger partial charge >= 0.3 is 0 Å². The molecule has 148 valence electrons. The van der Waals surface area contributed by atoms with E-state index < -0.39 is 0 Å². The Balaban J connectivity index is 1.53. The standard InChI is InChI=1S/C22H23N5O2/c1-4-26-18-8-6-5-7-16(18)24-21(26)14-23-22(28)17-11-12-27(25-17)19-13-15(2)9-10-20(19)29-3/h5-13H,4,14H2,1-3H3,(H,23,28). The van der Waals surface area contributed by atoms with Gasteiger partial charge in [-0.15, -0.1) is 0 Å². The summed E-state index contributed by atoms with van der Waals surface area (Å²) in [5.74, 6) is 1.27. The summed E-state index contributed by atoms with van der Waals surface area (Å²) in [6, 6.07) is 15.5. The van der Waals surface area contributed by atoms with Crippen LogP contribution in [0, 0.1) is 6.92 Å². The second kappa shape index (κ2) is 7.79. The minimum Gasteiger partial charge on any atom is -0.494 e. The second-order valence-electron chi connectivity index (χ2n) is 6.76. The summed E-state index contributed by atoms with van der Waals surface area (Å²) in [6.45, 7) is 5.19. The lowest BCUT2D eigenvalue weighted by atomic mass is 10.2. The number of rotatable bonds is 6. The fourth-order valence-corrected chi connectivity index (χ4v) is 3.42. The molecule has 2 heterocycles. The van der Waals surface area contributed by atoms with Gasteiger partial charge in [-0.25, -0.2) is 9.67 Å². The van der Waals surface area contributed by atoms with Gasteiger partial charge in [0.15, 0.2) is 5.69 Å². The number of nitrogens with one attached hydrogen (secondary N) is 1. The predicted molar refractivity (Wildman–Crippen MR) is 111 cm³/mol. The molecule has 29 heavy (non-hydrogen) atoms. The van der Waals surface area contributed by atoms with Gasteiger partial charge in [0.1, 0.15) is 17.3 Å². The summed E-state index contributed by atoms with van der Waals surface area (Å²) >= 11 is 0. The number of carbonyl (C=O) groups is 1. The first-order valence-electron chi connectivity index (χ1n) is 9.53. The monoisotopic (exact) mass is 389 g/mol. The fourth-order valence-electron chi connectivity index (χ4n) is 3.42. The smallest absolute Gasteiger partial charge is 0.272 e. The number of aryl methyl sites for hydroxylation is 2. The van der Waals surface area contributed by atoms with E-state index in [9.17, 15) is 4.79 Å². The number of ether oxygens (including phenoxy) is 1. The molecule has 0 unspecified atom stereocenters. The molecule has 4 rings (SSSR count). The maximum absolute atomic E-state index is 12.6. The molecule has 2 aromatic heterocycles. The molecule has 0 atom stereocenters. The lowest BCUT2D eigenvalue weighted by molar-refractivity contribution is 0.0944. The minimum absolute atomic E-state index is 0.245. The van der Waals surface area contributed by atoms with Crippen LogP contribution in [-0.4, -0.2) is 32.3 Å². The summed E-state index contributed by atoms with van der Waals surface area (Å²) in [6.07, 6.45) is 1.76. The predicted octanol–water partition coefficient (Wildman–Crippen LogP) is 3.49. The zero-order valence-corrected chi connectivity index (χ0v) is 16.7.